The van der Waals surface area contributed by atoms with E-state index in [-0.39, 0.29) is 0 Å². The molecule has 0 saturated carbocycles. The van der Waals surface area contributed by atoms with Gasteiger partial charge in [-0.3, -0.25) is 0 Å². The fourth-order valence-corrected chi connectivity index (χ4v) is 2.63. The summed E-state index contributed by atoms with van der Waals surface area (Å²) in [6.07, 6.45) is 8.66. The lowest BCUT2D eigenvalue weighted by atomic mass is 9.84. The van der Waals surface area contributed by atoms with Crippen molar-refractivity contribution in [2.45, 2.75) is 45.1 Å². The van der Waals surface area contributed by atoms with Crippen molar-refractivity contribution in [3.63, 3.8) is 0 Å². The van der Waals surface area contributed by atoms with E-state index in [0.29, 0.717) is 5.54 Å². The molecule has 1 heteroatoms. The monoisotopic (exact) mass is 210 g/mol. The van der Waals surface area contributed by atoms with Gasteiger partial charge in [0.15, 0.2) is 0 Å². The molecular weight excluding hydrogens is 182 g/mol. The van der Waals surface area contributed by atoms with Gasteiger partial charge in [-0.2, -0.15) is 0 Å². The molecule has 0 N–H and O–H groups in total. The molecule has 0 rings (SSSR count). The number of hydrogen-bond donors (Lipinski definition) is 0. The highest BCUT2D eigenvalue weighted by Gasteiger charge is 2.41. The maximum Gasteiger partial charge on any atom is 0.105 e. The third kappa shape index (κ3) is 3.20. The van der Waals surface area contributed by atoms with Crippen LogP contribution in [-0.2, 0) is 0 Å². The molecule has 0 aliphatic heterocycles. The predicted molar refractivity (Wildman–Crippen MR) is 69.9 cm³/mol. The van der Waals surface area contributed by atoms with E-state index in [1.165, 1.54) is 19.4 Å². The van der Waals surface area contributed by atoms with Crippen LogP contribution in [0.3, 0.4) is 0 Å². The molecule has 0 spiro atoms. The molecular formula is C14H28N+. The fraction of sp³-hybridized carbons (Fsp3) is 0.714. The highest BCUT2D eigenvalue weighted by Crippen LogP contribution is 2.33. The van der Waals surface area contributed by atoms with E-state index in [0.717, 1.165) is 17.3 Å². The second-order valence-electron chi connectivity index (χ2n) is 4.97. The lowest BCUT2D eigenvalue weighted by molar-refractivity contribution is -0.942. The van der Waals surface area contributed by atoms with Gasteiger partial charge in [-0.25, -0.2) is 0 Å². The Morgan fingerprint density at radius 2 is 1.53 bits per heavy atom. The van der Waals surface area contributed by atoms with Gasteiger partial charge in [-0.05, 0) is 6.42 Å². The third-order valence-corrected chi connectivity index (χ3v) is 3.77. The van der Waals surface area contributed by atoms with Gasteiger partial charge in [0.2, 0.25) is 0 Å². The standard InChI is InChI=1S/C14H28N/c1-7-11-14(10-4,12-8-2)15(5,6)13-9-3/h7-8H,1-2,9-13H2,3-6H3/q+1. The van der Waals surface area contributed by atoms with Crippen LogP contribution in [0.25, 0.3) is 0 Å². The van der Waals surface area contributed by atoms with Gasteiger partial charge in [0.05, 0.1) is 20.6 Å². The minimum Gasteiger partial charge on any atom is -0.323 e. The number of rotatable bonds is 8. The zero-order valence-corrected chi connectivity index (χ0v) is 11.1. The number of quaternary nitrogens is 1. The summed E-state index contributed by atoms with van der Waals surface area (Å²) in [5.74, 6) is 0. The number of hydrogen-bond acceptors (Lipinski definition) is 0. The smallest absolute Gasteiger partial charge is 0.105 e. The molecule has 0 aliphatic rings. The first-order valence-corrected chi connectivity index (χ1v) is 6.04. The lowest BCUT2D eigenvalue weighted by Gasteiger charge is -2.48. The zero-order chi connectivity index (χ0) is 11.9. The molecule has 88 valence electrons. The van der Waals surface area contributed by atoms with Crippen molar-refractivity contribution >= 4 is 0 Å². The molecule has 0 saturated heterocycles. The SMILES string of the molecule is C=CCC(CC)(CC=C)[N+](C)(C)CCC. The van der Waals surface area contributed by atoms with E-state index >= 15 is 0 Å². The van der Waals surface area contributed by atoms with Crippen molar-refractivity contribution < 1.29 is 4.48 Å². The van der Waals surface area contributed by atoms with Gasteiger partial charge in [0.25, 0.3) is 0 Å². The number of nitrogens with zero attached hydrogens (tertiary/aromatic N) is 1. The van der Waals surface area contributed by atoms with Crippen molar-refractivity contribution in [3.05, 3.63) is 25.3 Å². The molecule has 0 aromatic rings. The van der Waals surface area contributed by atoms with Crippen molar-refractivity contribution in [3.8, 4) is 0 Å². The largest absolute Gasteiger partial charge is 0.323 e. The highest BCUT2D eigenvalue weighted by molar-refractivity contribution is 4.93. The topological polar surface area (TPSA) is 0 Å². The Bertz CT molecular complexity index is 193. The van der Waals surface area contributed by atoms with E-state index < -0.39 is 0 Å². The minimum absolute atomic E-state index is 0.291. The van der Waals surface area contributed by atoms with E-state index in [1.54, 1.807) is 0 Å². The molecule has 0 radical (unpaired) electrons. The quantitative estimate of drug-likeness (QED) is 0.422. The van der Waals surface area contributed by atoms with Gasteiger partial charge in [0, 0.05) is 19.3 Å². The van der Waals surface area contributed by atoms with Crippen molar-refractivity contribution in [1.82, 2.24) is 0 Å². The van der Waals surface area contributed by atoms with Crippen molar-refractivity contribution in [2.75, 3.05) is 20.6 Å². The third-order valence-electron chi connectivity index (χ3n) is 3.77. The van der Waals surface area contributed by atoms with Gasteiger partial charge >= 0.3 is 0 Å². The summed E-state index contributed by atoms with van der Waals surface area (Å²) in [6.45, 7) is 13.6. The molecule has 0 unspecified atom stereocenters. The predicted octanol–water partition coefficient (Wildman–Crippen LogP) is 3.77. The highest BCUT2D eigenvalue weighted by atomic mass is 15.4. The van der Waals surface area contributed by atoms with Crippen molar-refractivity contribution in [1.29, 1.82) is 0 Å². The Morgan fingerprint density at radius 1 is 1.07 bits per heavy atom. The van der Waals surface area contributed by atoms with Crippen molar-refractivity contribution in [2.24, 2.45) is 0 Å². The molecule has 0 atom stereocenters. The van der Waals surface area contributed by atoms with Gasteiger partial charge < -0.3 is 4.48 Å². The van der Waals surface area contributed by atoms with Crippen LogP contribution in [-0.4, -0.2) is 30.7 Å². The normalized spacial score (nSPS) is 12.5. The molecule has 0 aromatic carbocycles. The van der Waals surface area contributed by atoms with E-state index in [4.69, 9.17) is 0 Å². The second-order valence-corrected chi connectivity index (χ2v) is 4.97. The van der Waals surface area contributed by atoms with Crippen LogP contribution >= 0.6 is 0 Å². The van der Waals surface area contributed by atoms with Crippen LogP contribution in [0.15, 0.2) is 25.3 Å². The summed E-state index contributed by atoms with van der Waals surface area (Å²) in [5, 5.41) is 0. The minimum atomic E-state index is 0.291. The maximum atomic E-state index is 3.91. The Morgan fingerprint density at radius 3 is 1.80 bits per heavy atom. The Hall–Kier alpha value is -0.560. The molecule has 0 aliphatic carbocycles. The average molecular weight is 210 g/mol. The van der Waals surface area contributed by atoms with E-state index in [9.17, 15) is 0 Å². The van der Waals surface area contributed by atoms with Crippen LogP contribution in [0.1, 0.15) is 39.5 Å². The van der Waals surface area contributed by atoms with Crippen LogP contribution in [0.2, 0.25) is 0 Å². The maximum absolute atomic E-state index is 3.91. The first kappa shape index (κ1) is 14.4. The molecule has 0 heterocycles. The molecule has 1 nitrogen and oxygen atoms in total. The first-order valence-electron chi connectivity index (χ1n) is 6.04. The summed E-state index contributed by atoms with van der Waals surface area (Å²) < 4.78 is 1.07. The molecule has 0 fully saturated rings. The van der Waals surface area contributed by atoms with Gasteiger partial charge in [-0.1, -0.05) is 26.0 Å². The molecule has 0 bridgehead atoms. The van der Waals surface area contributed by atoms with Crippen LogP contribution in [0, 0.1) is 0 Å². The summed E-state index contributed by atoms with van der Waals surface area (Å²) >= 11 is 0. The summed E-state index contributed by atoms with van der Waals surface area (Å²) in [7, 11) is 4.67. The van der Waals surface area contributed by atoms with E-state index in [2.05, 4.69) is 53.3 Å². The zero-order valence-electron chi connectivity index (χ0n) is 11.1. The molecule has 0 aromatic heterocycles. The van der Waals surface area contributed by atoms with Crippen LogP contribution in [0.5, 0.6) is 0 Å². The Balaban J connectivity index is 5.00. The lowest BCUT2D eigenvalue weighted by Crippen LogP contribution is -2.59. The summed E-state index contributed by atoms with van der Waals surface area (Å²) in [6, 6.07) is 0. The Kier molecular flexibility index (Phi) is 5.89. The molecule has 15 heavy (non-hydrogen) atoms. The summed E-state index contributed by atoms with van der Waals surface area (Å²) in [5.41, 5.74) is 0.291. The van der Waals surface area contributed by atoms with Crippen LogP contribution in [0.4, 0.5) is 0 Å². The van der Waals surface area contributed by atoms with Gasteiger partial charge in [-0.15, -0.1) is 13.2 Å². The summed E-state index contributed by atoms with van der Waals surface area (Å²) in [4.78, 5) is 0. The second kappa shape index (κ2) is 6.12. The average Bonchev–Trinajstić information content (AvgIpc) is 2.17. The van der Waals surface area contributed by atoms with Gasteiger partial charge in [0.1, 0.15) is 5.54 Å². The first-order chi connectivity index (χ1) is 6.99. The van der Waals surface area contributed by atoms with Crippen LogP contribution < -0.4 is 0 Å². The van der Waals surface area contributed by atoms with E-state index in [1.807, 2.05) is 0 Å². The molecule has 0 amide bonds. The fourth-order valence-electron chi connectivity index (χ4n) is 2.63. The Labute approximate surface area is 96.1 Å².